The van der Waals surface area contributed by atoms with Crippen LogP contribution in [-0.4, -0.2) is 19.0 Å². The van der Waals surface area contributed by atoms with E-state index in [0.29, 0.717) is 28.8 Å². The monoisotopic (exact) mass is 351 g/mol. The van der Waals surface area contributed by atoms with E-state index < -0.39 is 0 Å². The van der Waals surface area contributed by atoms with Gasteiger partial charge in [0.05, 0.1) is 11.4 Å². The standard InChI is InChI=1S/C22H29N3O/c1-14-9-15(2)13-25(12-14)21-11-20(19(23)10-17(21)4)24-22(26)18-8-6-5-7-16(18)3/h5-8,10-11,14-15H,9,12-13,23H2,1-4H3,(H,24,26)/t14-,15+. The number of hydrogen-bond acceptors (Lipinski definition) is 3. The zero-order chi connectivity index (χ0) is 18.8. The molecule has 3 N–H and O–H groups in total. The van der Waals surface area contributed by atoms with Crippen molar-refractivity contribution in [2.75, 3.05) is 29.0 Å². The Kier molecular flexibility index (Phi) is 5.21. The average molecular weight is 351 g/mol. The summed E-state index contributed by atoms with van der Waals surface area (Å²) in [5.74, 6) is 1.21. The SMILES string of the molecule is Cc1ccccc1C(=O)Nc1cc(N2C[C@H](C)C[C@H](C)C2)c(C)cc1N. The molecule has 0 aromatic heterocycles. The Hall–Kier alpha value is -2.49. The van der Waals surface area contributed by atoms with Crippen LogP contribution < -0.4 is 16.0 Å². The van der Waals surface area contributed by atoms with Crippen molar-refractivity contribution in [1.29, 1.82) is 0 Å². The molecule has 2 aromatic carbocycles. The van der Waals surface area contributed by atoms with E-state index in [0.717, 1.165) is 29.9 Å². The Labute approximate surface area is 156 Å². The minimum Gasteiger partial charge on any atom is -0.397 e. The summed E-state index contributed by atoms with van der Waals surface area (Å²) < 4.78 is 0. The Morgan fingerprint density at radius 1 is 1.08 bits per heavy atom. The molecule has 0 saturated carbocycles. The van der Waals surface area contributed by atoms with Gasteiger partial charge in [0.15, 0.2) is 0 Å². The molecule has 2 atom stereocenters. The topological polar surface area (TPSA) is 58.4 Å². The van der Waals surface area contributed by atoms with E-state index in [1.165, 1.54) is 6.42 Å². The van der Waals surface area contributed by atoms with Crippen molar-refractivity contribution in [2.45, 2.75) is 34.1 Å². The lowest BCUT2D eigenvalue weighted by Gasteiger charge is -2.37. The van der Waals surface area contributed by atoms with E-state index in [4.69, 9.17) is 5.73 Å². The van der Waals surface area contributed by atoms with E-state index in [1.54, 1.807) is 0 Å². The zero-order valence-electron chi connectivity index (χ0n) is 16.2. The van der Waals surface area contributed by atoms with Crippen LogP contribution in [0.15, 0.2) is 36.4 Å². The highest BCUT2D eigenvalue weighted by Crippen LogP contribution is 2.33. The third kappa shape index (κ3) is 3.85. The van der Waals surface area contributed by atoms with Crippen molar-refractivity contribution in [1.82, 2.24) is 0 Å². The molecular weight excluding hydrogens is 322 g/mol. The third-order valence-electron chi connectivity index (χ3n) is 5.22. The molecule has 1 saturated heterocycles. The van der Waals surface area contributed by atoms with Crippen LogP contribution in [0.4, 0.5) is 17.1 Å². The zero-order valence-corrected chi connectivity index (χ0v) is 16.2. The second-order valence-corrected chi connectivity index (χ2v) is 7.85. The highest BCUT2D eigenvalue weighted by molar-refractivity contribution is 6.07. The van der Waals surface area contributed by atoms with Gasteiger partial charge in [-0.2, -0.15) is 0 Å². The van der Waals surface area contributed by atoms with Crippen LogP contribution in [-0.2, 0) is 0 Å². The number of piperidine rings is 1. The fourth-order valence-electron chi connectivity index (χ4n) is 4.04. The van der Waals surface area contributed by atoms with Gasteiger partial charge in [-0.3, -0.25) is 4.79 Å². The maximum atomic E-state index is 12.7. The van der Waals surface area contributed by atoms with Crippen LogP contribution in [0.1, 0.15) is 41.8 Å². The number of rotatable bonds is 3. The molecule has 1 amide bonds. The maximum absolute atomic E-state index is 12.7. The van der Waals surface area contributed by atoms with Gasteiger partial charge in [0.25, 0.3) is 5.91 Å². The van der Waals surface area contributed by atoms with Gasteiger partial charge >= 0.3 is 0 Å². The third-order valence-corrected chi connectivity index (χ3v) is 5.22. The molecule has 0 radical (unpaired) electrons. The molecule has 4 heteroatoms. The first-order chi connectivity index (χ1) is 12.3. The fraction of sp³-hybridized carbons (Fsp3) is 0.409. The molecule has 1 heterocycles. The molecule has 2 aromatic rings. The van der Waals surface area contributed by atoms with Crippen LogP contribution in [0, 0.1) is 25.7 Å². The molecular formula is C22H29N3O. The molecule has 138 valence electrons. The first kappa shape index (κ1) is 18.3. The van der Waals surface area contributed by atoms with Crippen molar-refractivity contribution >= 4 is 23.0 Å². The molecule has 26 heavy (non-hydrogen) atoms. The smallest absolute Gasteiger partial charge is 0.255 e. The van der Waals surface area contributed by atoms with Gasteiger partial charge in [0.1, 0.15) is 0 Å². The largest absolute Gasteiger partial charge is 0.397 e. The van der Waals surface area contributed by atoms with Crippen molar-refractivity contribution in [2.24, 2.45) is 11.8 Å². The number of anilines is 3. The van der Waals surface area contributed by atoms with Crippen LogP contribution in [0.2, 0.25) is 0 Å². The van der Waals surface area contributed by atoms with Crippen molar-refractivity contribution < 1.29 is 4.79 Å². The van der Waals surface area contributed by atoms with E-state index in [2.05, 4.69) is 31.0 Å². The number of carbonyl (C=O) groups is 1. The van der Waals surface area contributed by atoms with Crippen LogP contribution in [0.3, 0.4) is 0 Å². The van der Waals surface area contributed by atoms with E-state index >= 15 is 0 Å². The van der Waals surface area contributed by atoms with Crippen LogP contribution in [0.25, 0.3) is 0 Å². The predicted octanol–water partition coefficient (Wildman–Crippen LogP) is 4.62. The summed E-state index contributed by atoms with van der Waals surface area (Å²) in [7, 11) is 0. The molecule has 4 nitrogen and oxygen atoms in total. The van der Waals surface area contributed by atoms with E-state index in [1.807, 2.05) is 43.3 Å². The second-order valence-electron chi connectivity index (χ2n) is 7.85. The number of carbonyl (C=O) groups excluding carboxylic acids is 1. The number of amides is 1. The fourth-order valence-corrected chi connectivity index (χ4v) is 4.04. The predicted molar refractivity (Wildman–Crippen MR) is 110 cm³/mol. The number of nitrogens with two attached hydrogens (primary N) is 1. The summed E-state index contributed by atoms with van der Waals surface area (Å²) in [5, 5.41) is 3.01. The minimum atomic E-state index is -0.120. The number of aryl methyl sites for hydroxylation is 2. The Bertz CT molecular complexity index is 805. The van der Waals surface area contributed by atoms with Crippen LogP contribution in [0.5, 0.6) is 0 Å². The first-order valence-corrected chi connectivity index (χ1v) is 9.37. The van der Waals surface area contributed by atoms with Gasteiger partial charge in [-0.05, 0) is 61.4 Å². The lowest BCUT2D eigenvalue weighted by atomic mass is 9.91. The van der Waals surface area contributed by atoms with E-state index in [-0.39, 0.29) is 5.91 Å². The molecule has 0 bridgehead atoms. The molecule has 3 rings (SSSR count). The Morgan fingerprint density at radius 2 is 1.73 bits per heavy atom. The Morgan fingerprint density at radius 3 is 2.38 bits per heavy atom. The average Bonchev–Trinajstić information content (AvgIpc) is 2.56. The maximum Gasteiger partial charge on any atom is 0.255 e. The van der Waals surface area contributed by atoms with Gasteiger partial charge < -0.3 is 16.0 Å². The highest BCUT2D eigenvalue weighted by atomic mass is 16.1. The summed E-state index contributed by atoms with van der Waals surface area (Å²) in [5.41, 5.74) is 11.4. The first-order valence-electron chi connectivity index (χ1n) is 9.37. The van der Waals surface area contributed by atoms with Crippen molar-refractivity contribution in [3.63, 3.8) is 0 Å². The lowest BCUT2D eigenvalue weighted by molar-refractivity contribution is 0.102. The number of nitrogen functional groups attached to an aromatic ring is 1. The summed E-state index contributed by atoms with van der Waals surface area (Å²) in [6.45, 7) is 10.7. The van der Waals surface area contributed by atoms with Crippen LogP contribution >= 0.6 is 0 Å². The summed E-state index contributed by atoms with van der Waals surface area (Å²) >= 11 is 0. The quantitative estimate of drug-likeness (QED) is 0.793. The number of hydrogen-bond donors (Lipinski definition) is 2. The van der Waals surface area contributed by atoms with Gasteiger partial charge in [-0.15, -0.1) is 0 Å². The Balaban J connectivity index is 1.89. The lowest BCUT2D eigenvalue weighted by Crippen LogP contribution is -2.39. The molecule has 0 unspecified atom stereocenters. The molecule has 0 aliphatic carbocycles. The normalized spacial score (nSPS) is 20.1. The summed E-state index contributed by atoms with van der Waals surface area (Å²) in [6, 6.07) is 11.6. The van der Waals surface area contributed by atoms with Gasteiger partial charge in [-0.1, -0.05) is 32.0 Å². The second kappa shape index (κ2) is 7.40. The summed E-state index contributed by atoms with van der Waals surface area (Å²) in [6.07, 6.45) is 1.27. The number of nitrogens with one attached hydrogen (secondary N) is 1. The number of nitrogens with zero attached hydrogens (tertiary/aromatic N) is 1. The highest BCUT2D eigenvalue weighted by Gasteiger charge is 2.24. The summed E-state index contributed by atoms with van der Waals surface area (Å²) in [4.78, 5) is 15.1. The van der Waals surface area contributed by atoms with Gasteiger partial charge in [-0.25, -0.2) is 0 Å². The van der Waals surface area contributed by atoms with E-state index in [9.17, 15) is 4.79 Å². The van der Waals surface area contributed by atoms with Gasteiger partial charge in [0, 0.05) is 24.3 Å². The molecule has 1 aliphatic heterocycles. The van der Waals surface area contributed by atoms with Crippen molar-refractivity contribution in [3.05, 3.63) is 53.1 Å². The van der Waals surface area contributed by atoms with Gasteiger partial charge in [0.2, 0.25) is 0 Å². The minimum absolute atomic E-state index is 0.120. The molecule has 1 aliphatic rings. The molecule has 1 fully saturated rings. The molecule has 0 spiro atoms. The van der Waals surface area contributed by atoms with Crippen molar-refractivity contribution in [3.8, 4) is 0 Å². The number of benzene rings is 2.